The fourth-order valence-electron chi connectivity index (χ4n) is 4.57. The molecule has 32 heavy (non-hydrogen) atoms. The van der Waals surface area contributed by atoms with Crippen LogP contribution in [0.1, 0.15) is 27.2 Å². The molecular weight excluding hydrogens is 424 g/mol. The summed E-state index contributed by atoms with van der Waals surface area (Å²) < 4.78 is 7.03. The van der Waals surface area contributed by atoms with E-state index in [4.69, 9.17) is 9.26 Å². The second-order valence-corrected chi connectivity index (χ2v) is 13.4. The Bertz CT molecular complexity index is 893. The van der Waals surface area contributed by atoms with Crippen molar-refractivity contribution in [2.45, 2.75) is 44.4 Å². The van der Waals surface area contributed by atoms with Crippen molar-refractivity contribution in [2.75, 3.05) is 20.7 Å². The van der Waals surface area contributed by atoms with Crippen molar-refractivity contribution in [3.63, 3.8) is 0 Å². The van der Waals surface area contributed by atoms with Crippen LogP contribution in [0.25, 0.3) is 0 Å². The van der Waals surface area contributed by atoms with E-state index < -0.39 is 32.5 Å². The number of hydrogen-bond acceptors (Lipinski definition) is 4. The molecule has 2 aromatic rings. The molecule has 172 valence electrons. The molecule has 0 radical (unpaired) electrons. The monoisotopic (exact) mass is 456 g/mol. The molecular formula is C24H32N2O5Si. The highest BCUT2D eigenvalue weighted by atomic mass is 28.4. The molecule has 0 bridgehead atoms. The Labute approximate surface area is 190 Å². The SMILES string of the molecule is CON(C)C(=O)[C@H]1C[C@@H](O[Si](c2ccccc2)(c2ccccc2)C(C)(C)C)CN1C(=O)O. The zero-order valence-corrected chi connectivity index (χ0v) is 20.3. The third-order valence-electron chi connectivity index (χ3n) is 6.14. The van der Waals surface area contributed by atoms with E-state index in [1.54, 1.807) is 0 Å². The maximum absolute atomic E-state index is 12.8. The number of carboxylic acid groups (broad SMARTS) is 1. The lowest BCUT2D eigenvalue weighted by Gasteiger charge is -2.44. The van der Waals surface area contributed by atoms with Crippen LogP contribution in [0.2, 0.25) is 5.04 Å². The van der Waals surface area contributed by atoms with E-state index in [0.29, 0.717) is 0 Å². The fraction of sp³-hybridized carbons (Fsp3) is 0.417. The van der Waals surface area contributed by atoms with Crippen LogP contribution in [-0.4, -0.2) is 68.2 Å². The van der Waals surface area contributed by atoms with Gasteiger partial charge in [0.1, 0.15) is 6.04 Å². The zero-order chi connectivity index (χ0) is 23.5. The molecule has 1 aliphatic rings. The number of likely N-dealkylation sites (N-methyl/N-ethyl adjacent to an activating group) is 1. The molecule has 1 fully saturated rings. The molecule has 8 heteroatoms. The van der Waals surface area contributed by atoms with Gasteiger partial charge in [0.25, 0.3) is 14.2 Å². The van der Waals surface area contributed by atoms with Crippen LogP contribution in [0.3, 0.4) is 0 Å². The van der Waals surface area contributed by atoms with E-state index in [1.165, 1.54) is 19.1 Å². The molecule has 1 N–H and O–H groups in total. The molecule has 2 atom stereocenters. The number of benzene rings is 2. The van der Waals surface area contributed by atoms with Gasteiger partial charge in [-0.2, -0.15) is 0 Å². The predicted octanol–water partition coefficient (Wildman–Crippen LogP) is 2.70. The van der Waals surface area contributed by atoms with Gasteiger partial charge in [0.15, 0.2) is 0 Å². The normalized spacial score (nSPS) is 19.1. The Kier molecular flexibility index (Phi) is 7.07. The van der Waals surface area contributed by atoms with Gasteiger partial charge in [-0.25, -0.2) is 9.86 Å². The molecule has 3 rings (SSSR count). The van der Waals surface area contributed by atoms with Crippen LogP contribution in [0.5, 0.6) is 0 Å². The summed E-state index contributed by atoms with van der Waals surface area (Å²) in [7, 11) is 0.0137. The number of likely N-dealkylation sites (tertiary alicyclic amines) is 1. The van der Waals surface area contributed by atoms with E-state index in [2.05, 4.69) is 45.0 Å². The van der Waals surface area contributed by atoms with Gasteiger partial charge in [-0.3, -0.25) is 14.5 Å². The number of carbonyl (C=O) groups excluding carboxylic acids is 1. The van der Waals surface area contributed by atoms with Crippen LogP contribution >= 0.6 is 0 Å². The maximum Gasteiger partial charge on any atom is 0.408 e. The lowest BCUT2D eigenvalue weighted by molar-refractivity contribution is -0.173. The van der Waals surface area contributed by atoms with Gasteiger partial charge in [0, 0.05) is 20.0 Å². The first-order chi connectivity index (χ1) is 15.1. The molecule has 2 aromatic carbocycles. The first kappa shape index (κ1) is 24.0. The Morgan fingerprint density at radius 2 is 1.53 bits per heavy atom. The summed E-state index contributed by atoms with van der Waals surface area (Å²) in [6, 6.07) is 19.5. The van der Waals surface area contributed by atoms with Crippen LogP contribution < -0.4 is 10.4 Å². The second kappa shape index (κ2) is 9.44. The van der Waals surface area contributed by atoms with Crippen molar-refractivity contribution < 1.29 is 24.0 Å². The highest BCUT2D eigenvalue weighted by Crippen LogP contribution is 2.39. The van der Waals surface area contributed by atoms with Crippen LogP contribution in [0.15, 0.2) is 60.7 Å². The van der Waals surface area contributed by atoms with Gasteiger partial charge >= 0.3 is 6.09 Å². The van der Waals surface area contributed by atoms with Gasteiger partial charge in [-0.1, -0.05) is 81.4 Å². The molecule has 1 aliphatic heterocycles. The van der Waals surface area contributed by atoms with Crippen LogP contribution in [0.4, 0.5) is 4.79 Å². The number of hydroxylamine groups is 2. The van der Waals surface area contributed by atoms with Gasteiger partial charge < -0.3 is 9.53 Å². The summed E-state index contributed by atoms with van der Waals surface area (Å²) in [5.41, 5.74) is 0. The molecule has 0 aromatic heterocycles. The minimum absolute atomic E-state index is 0.133. The predicted molar refractivity (Wildman–Crippen MR) is 125 cm³/mol. The highest BCUT2D eigenvalue weighted by molar-refractivity contribution is 6.99. The van der Waals surface area contributed by atoms with E-state index in [0.717, 1.165) is 15.4 Å². The van der Waals surface area contributed by atoms with Gasteiger partial charge in [0.05, 0.1) is 13.2 Å². The second-order valence-electron chi connectivity index (χ2n) is 9.11. The Morgan fingerprint density at radius 3 is 1.94 bits per heavy atom. The molecule has 7 nitrogen and oxygen atoms in total. The lowest BCUT2D eigenvalue weighted by atomic mass is 10.2. The molecule has 1 heterocycles. The highest BCUT2D eigenvalue weighted by Gasteiger charge is 2.53. The minimum atomic E-state index is -2.85. The smallest absolute Gasteiger partial charge is 0.408 e. The topological polar surface area (TPSA) is 79.3 Å². The van der Waals surface area contributed by atoms with E-state index in [-0.39, 0.29) is 18.0 Å². The summed E-state index contributed by atoms with van der Waals surface area (Å²) in [6.45, 7) is 6.65. The van der Waals surface area contributed by atoms with E-state index in [9.17, 15) is 14.7 Å². The lowest BCUT2D eigenvalue weighted by Crippen LogP contribution is -2.67. The molecule has 0 spiro atoms. The number of hydrogen-bond donors (Lipinski definition) is 1. The summed E-state index contributed by atoms with van der Waals surface area (Å²) in [4.78, 5) is 30.9. The van der Waals surface area contributed by atoms with Crippen molar-refractivity contribution in [1.29, 1.82) is 0 Å². The van der Waals surface area contributed by atoms with Crippen molar-refractivity contribution in [3.05, 3.63) is 60.7 Å². The number of rotatable bonds is 6. The quantitative estimate of drug-likeness (QED) is 0.534. The van der Waals surface area contributed by atoms with Gasteiger partial charge in [-0.15, -0.1) is 0 Å². The zero-order valence-electron chi connectivity index (χ0n) is 19.3. The molecule has 1 saturated heterocycles. The first-order valence-electron chi connectivity index (χ1n) is 10.7. The molecule has 0 unspecified atom stereocenters. The average Bonchev–Trinajstić information content (AvgIpc) is 3.21. The molecule has 0 aliphatic carbocycles. The average molecular weight is 457 g/mol. The van der Waals surface area contributed by atoms with Crippen molar-refractivity contribution in [3.8, 4) is 0 Å². The summed E-state index contributed by atoms with van der Waals surface area (Å²) in [6.07, 6.45) is -1.28. The maximum atomic E-state index is 12.8. The minimum Gasteiger partial charge on any atom is -0.465 e. The Morgan fingerprint density at radius 1 is 1.03 bits per heavy atom. The number of amides is 2. The Hall–Kier alpha value is -2.68. The van der Waals surface area contributed by atoms with E-state index >= 15 is 0 Å². The Balaban J connectivity index is 2.06. The van der Waals surface area contributed by atoms with Crippen LogP contribution in [0, 0.1) is 0 Å². The number of nitrogens with zero attached hydrogens (tertiary/aromatic N) is 2. The van der Waals surface area contributed by atoms with E-state index in [1.807, 2.05) is 36.4 Å². The number of carbonyl (C=O) groups is 2. The summed E-state index contributed by atoms with van der Waals surface area (Å²) >= 11 is 0. The van der Waals surface area contributed by atoms with Gasteiger partial charge in [0.2, 0.25) is 0 Å². The molecule has 0 saturated carbocycles. The molecule has 2 amide bonds. The third kappa shape index (κ3) is 4.43. The summed E-state index contributed by atoms with van der Waals surface area (Å²) in [5.74, 6) is -0.400. The van der Waals surface area contributed by atoms with Crippen molar-refractivity contribution in [2.24, 2.45) is 0 Å². The van der Waals surface area contributed by atoms with Crippen molar-refractivity contribution >= 4 is 30.7 Å². The van der Waals surface area contributed by atoms with Crippen LogP contribution in [-0.2, 0) is 14.1 Å². The summed E-state index contributed by atoms with van der Waals surface area (Å²) in [5, 5.41) is 12.8. The van der Waals surface area contributed by atoms with Gasteiger partial charge in [-0.05, 0) is 15.4 Å². The fourth-order valence-corrected chi connectivity index (χ4v) is 9.26. The first-order valence-corrected chi connectivity index (χ1v) is 12.6. The third-order valence-corrected chi connectivity index (χ3v) is 11.2. The van der Waals surface area contributed by atoms with Crippen molar-refractivity contribution in [1.82, 2.24) is 9.96 Å². The largest absolute Gasteiger partial charge is 0.465 e. The standard InChI is InChI=1S/C24H32N2O5Si/c1-24(2,3)32(19-12-8-6-9-13-19,20-14-10-7-11-15-20)31-18-16-21(22(27)25(4)30-5)26(17-18)23(28)29/h6-15,18,21H,16-17H2,1-5H3,(H,28,29)/t18-,21-/m1/s1.